The van der Waals surface area contributed by atoms with Gasteiger partial charge in [-0.3, -0.25) is 10.1 Å². The van der Waals surface area contributed by atoms with Crippen LogP contribution in [0.3, 0.4) is 0 Å². The van der Waals surface area contributed by atoms with Crippen molar-refractivity contribution in [3.63, 3.8) is 0 Å². The van der Waals surface area contributed by atoms with Crippen LogP contribution in [0.15, 0.2) is 23.1 Å². The Morgan fingerprint density at radius 1 is 1.45 bits per heavy atom. The summed E-state index contributed by atoms with van der Waals surface area (Å²) in [5, 5.41) is 21.2. The summed E-state index contributed by atoms with van der Waals surface area (Å²) in [5.74, 6) is 0.706. The van der Waals surface area contributed by atoms with E-state index in [-0.39, 0.29) is 10.6 Å². The average molecular weight is 295 g/mol. The van der Waals surface area contributed by atoms with Gasteiger partial charge in [0, 0.05) is 11.3 Å². The van der Waals surface area contributed by atoms with Gasteiger partial charge < -0.3 is 5.11 Å². The number of nitro groups is 1. The molecule has 1 aromatic carbocycles. The molecular weight excluding hydrogens is 274 g/mol. The van der Waals surface area contributed by atoms with Gasteiger partial charge in [0.05, 0.1) is 15.9 Å². The minimum atomic E-state index is -0.678. The van der Waals surface area contributed by atoms with E-state index in [4.69, 9.17) is 0 Å². The molecule has 1 aliphatic rings. The second-order valence-electron chi connectivity index (χ2n) is 5.67. The Labute approximate surface area is 123 Å². The second-order valence-corrected chi connectivity index (χ2v) is 7.01. The summed E-state index contributed by atoms with van der Waals surface area (Å²) >= 11 is 1.62. The maximum absolute atomic E-state index is 11.2. The molecule has 2 rings (SSSR count). The van der Waals surface area contributed by atoms with E-state index >= 15 is 0 Å². The minimum absolute atomic E-state index is 0.117. The van der Waals surface area contributed by atoms with E-state index in [1.807, 2.05) is 0 Å². The molecule has 0 saturated heterocycles. The van der Waals surface area contributed by atoms with Crippen LogP contribution >= 0.6 is 11.8 Å². The van der Waals surface area contributed by atoms with Crippen LogP contribution in [0.25, 0.3) is 0 Å². The van der Waals surface area contributed by atoms with Crippen LogP contribution in [0.1, 0.15) is 51.2 Å². The van der Waals surface area contributed by atoms with E-state index in [1.165, 1.54) is 18.9 Å². The molecule has 1 fully saturated rings. The molecule has 1 N–H and O–H groups in total. The number of hydrogen-bond donors (Lipinski definition) is 1. The number of hydrogen-bond acceptors (Lipinski definition) is 4. The van der Waals surface area contributed by atoms with Crippen molar-refractivity contribution in [1.82, 2.24) is 0 Å². The average Bonchev–Trinajstić information content (AvgIpc) is 2.38. The molecule has 0 aliphatic heterocycles. The van der Waals surface area contributed by atoms with Gasteiger partial charge in [0.25, 0.3) is 5.69 Å². The maximum atomic E-state index is 11.2. The Bertz CT molecular complexity index is 490. The van der Waals surface area contributed by atoms with E-state index in [0.29, 0.717) is 16.7 Å². The number of aliphatic hydroxyl groups is 1. The lowest BCUT2D eigenvalue weighted by Crippen LogP contribution is -2.15. The first-order chi connectivity index (χ1) is 9.47. The fraction of sp³-hybridized carbons (Fsp3) is 0.600. The van der Waals surface area contributed by atoms with Gasteiger partial charge in [0.2, 0.25) is 0 Å². The first-order valence-corrected chi connectivity index (χ1v) is 7.98. The van der Waals surface area contributed by atoms with Gasteiger partial charge in [0.1, 0.15) is 0 Å². The third kappa shape index (κ3) is 3.73. The standard InChI is InChI=1S/C15H21NO3S/c1-10-4-3-5-13(8-10)20-15-7-6-12(11(2)17)9-14(15)16(18)19/h6-7,9-11,13,17H,3-5,8H2,1-2H3/t10?,11-,13?/m0/s1. The van der Waals surface area contributed by atoms with Gasteiger partial charge in [-0.15, -0.1) is 11.8 Å². The van der Waals surface area contributed by atoms with Gasteiger partial charge >= 0.3 is 0 Å². The van der Waals surface area contributed by atoms with Crippen LogP contribution in [0.2, 0.25) is 0 Å². The lowest BCUT2D eigenvalue weighted by Gasteiger charge is -2.26. The highest BCUT2D eigenvalue weighted by Gasteiger charge is 2.24. The molecule has 110 valence electrons. The number of thioether (sulfide) groups is 1. The zero-order chi connectivity index (χ0) is 14.7. The van der Waals surface area contributed by atoms with Crippen molar-refractivity contribution >= 4 is 17.4 Å². The topological polar surface area (TPSA) is 63.4 Å². The second kappa shape index (κ2) is 6.59. The maximum Gasteiger partial charge on any atom is 0.283 e. The molecule has 0 spiro atoms. The SMILES string of the molecule is CC1CCCC(Sc2ccc([C@H](C)O)cc2[N+](=O)[O-])C1. The van der Waals surface area contributed by atoms with Gasteiger partial charge in [0.15, 0.2) is 0 Å². The number of rotatable bonds is 4. The lowest BCUT2D eigenvalue weighted by molar-refractivity contribution is -0.387. The zero-order valence-electron chi connectivity index (χ0n) is 11.9. The molecule has 0 heterocycles. The van der Waals surface area contributed by atoms with Crippen LogP contribution in [-0.4, -0.2) is 15.3 Å². The molecule has 0 amide bonds. The molecule has 0 radical (unpaired) electrons. The van der Waals surface area contributed by atoms with Crippen molar-refractivity contribution in [2.45, 2.75) is 55.8 Å². The van der Waals surface area contributed by atoms with E-state index < -0.39 is 6.10 Å². The van der Waals surface area contributed by atoms with Crippen molar-refractivity contribution in [1.29, 1.82) is 0 Å². The van der Waals surface area contributed by atoms with Crippen molar-refractivity contribution in [2.24, 2.45) is 5.92 Å². The predicted molar refractivity (Wildman–Crippen MR) is 81.0 cm³/mol. The number of aliphatic hydroxyl groups excluding tert-OH is 1. The normalized spacial score (nSPS) is 24.4. The Morgan fingerprint density at radius 2 is 2.20 bits per heavy atom. The number of benzene rings is 1. The van der Waals surface area contributed by atoms with Gasteiger partial charge in [-0.25, -0.2) is 0 Å². The summed E-state index contributed by atoms with van der Waals surface area (Å²) in [7, 11) is 0. The Morgan fingerprint density at radius 3 is 2.80 bits per heavy atom. The number of nitro benzene ring substituents is 1. The third-order valence-corrected chi connectivity index (χ3v) is 5.20. The summed E-state index contributed by atoms with van der Waals surface area (Å²) in [6, 6.07) is 5.07. The Balaban J connectivity index is 2.20. The van der Waals surface area contributed by atoms with Crippen LogP contribution in [0.5, 0.6) is 0 Å². The van der Waals surface area contributed by atoms with E-state index in [9.17, 15) is 15.2 Å². The molecule has 5 heteroatoms. The highest BCUT2D eigenvalue weighted by atomic mass is 32.2. The van der Waals surface area contributed by atoms with E-state index in [0.717, 1.165) is 17.7 Å². The highest BCUT2D eigenvalue weighted by Crippen LogP contribution is 2.40. The molecule has 1 saturated carbocycles. The van der Waals surface area contributed by atoms with Gasteiger partial charge in [-0.2, -0.15) is 0 Å². The minimum Gasteiger partial charge on any atom is -0.389 e. The molecule has 0 aromatic heterocycles. The van der Waals surface area contributed by atoms with Crippen molar-refractivity contribution in [3.05, 3.63) is 33.9 Å². The molecule has 1 aliphatic carbocycles. The highest BCUT2D eigenvalue weighted by molar-refractivity contribution is 8.00. The first-order valence-electron chi connectivity index (χ1n) is 7.10. The van der Waals surface area contributed by atoms with Crippen molar-refractivity contribution < 1.29 is 10.0 Å². The fourth-order valence-electron chi connectivity index (χ4n) is 2.70. The Kier molecular flexibility index (Phi) is 5.05. The van der Waals surface area contributed by atoms with Crippen LogP contribution < -0.4 is 0 Å². The fourth-order valence-corrected chi connectivity index (χ4v) is 4.17. The number of nitrogens with zero attached hydrogens (tertiary/aromatic N) is 1. The quantitative estimate of drug-likeness (QED) is 0.663. The third-order valence-electron chi connectivity index (χ3n) is 3.84. The van der Waals surface area contributed by atoms with E-state index in [2.05, 4.69) is 6.92 Å². The van der Waals surface area contributed by atoms with Crippen molar-refractivity contribution in [2.75, 3.05) is 0 Å². The zero-order valence-corrected chi connectivity index (χ0v) is 12.7. The first kappa shape index (κ1) is 15.3. The molecule has 2 unspecified atom stereocenters. The predicted octanol–water partition coefficient (Wildman–Crippen LogP) is 4.32. The van der Waals surface area contributed by atoms with E-state index in [1.54, 1.807) is 30.8 Å². The van der Waals surface area contributed by atoms with Gasteiger partial charge in [-0.1, -0.05) is 25.8 Å². The lowest BCUT2D eigenvalue weighted by atomic mass is 9.91. The Hall–Kier alpha value is -1.07. The smallest absolute Gasteiger partial charge is 0.283 e. The van der Waals surface area contributed by atoms with Crippen LogP contribution in [0.4, 0.5) is 5.69 Å². The molecule has 20 heavy (non-hydrogen) atoms. The molecule has 1 aromatic rings. The van der Waals surface area contributed by atoms with Crippen LogP contribution in [0, 0.1) is 16.0 Å². The monoisotopic (exact) mass is 295 g/mol. The van der Waals surface area contributed by atoms with Gasteiger partial charge in [-0.05, 0) is 37.3 Å². The molecule has 0 bridgehead atoms. The van der Waals surface area contributed by atoms with Crippen molar-refractivity contribution in [3.8, 4) is 0 Å². The molecule has 3 atom stereocenters. The molecular formula is C15H21NO3S. The summed E-state index contributed by atoms with van der Waals surface area (Å²) in [6.07, 6.45) is 4.05. The summed E-state index contributed by atoms with van der Waals surface area (Å²) in [6.45, 7) is 3.87. The van der Waals surface area contributed by atoms with Crippen LogP contribution in [-0.2, 0) is 0 Å². The largest absolute Gasteiger partial charge is 0.389 e. The summed E-state index contributed by atoms with van der Waals surface area (Å²) in [4.78, 5) is 11.6. The summed E-state index contributed by atoms with van der Waals surface area (Å²) < 4.78 is 0. The molecule has 4 nitrogen and oxygen atoms in total. The summed E-state index contributed by atoms with van der Waals surface area (Å²) in [5.41, 5.74) is 0.713.